The van der Waals surface area contributed by atoms with E-state index in [9.17, 15) is 33.6 Å². The number of hydrogen-bond acceptors (Lipinski definition) is 10. The molecule has 1 aliphatic rings. The Hall–Kier alpha value is -5.11. The molecular weight excluding hydrogens is 718 g/mol. The topological polar surface area (TPSA) is 189 Å². The number of nitrogens with one attached hydrogen (secondary N) is 4. The van der Waals surface area contributed by atoms with Gasteiger partial charge in [0, 0.05) is 0 Å². The van der Waals surface area contributed by atoms with Crippen molar-refractivity contribution in [2.75, 3.05) is 6.54 Å². The van der Waals surface area contributed by atoms with E-state index in [1.54, 1.807) is 104 Å². The van der Waals surface area contributed by atoms with Crippen molar-refractivity contribution in [2.45, 2.75) is 118 Å². The molecule has 5 amide bonds. The molecule has 1 fully saturated rings. The molecule has 2 aromatic carbocycles. The molecule has 0 bridgehead atoms. The monoisotopic (exact) mass is 777 g/mol. The Kier molecular flexibility index (Phi) is 17.7. The van der Waals surface area contributed by atoms with Crippen LogP contribution in [0.15, 0.2) is 60.7 Å². The average molecular weight is 778 g/mol. The van der Waals surface area contributed by atoms with E-state index in [-0.39, 0.29) is 25.6 Å². The Bertz CT molecular complexity index is 1640. The number of carbonyl (C=O) groups is 7. The lowest BCUT2D eigenvalue weighted by molar-refractivity contribution is -0.160. The van der Waals surface area contributed by atoms with Crippen molar-refractivity contribution in [3.63, 3.8) is 0 Å². The van der Waals surface area contributed by atoms with Gasteiger partial charge >= 0.3 is 12.1 Å². The third-order valence-corrected chi connectivity index (χ3v) is 9.46. The zero-order valence-electron chi connectivity index (χ0n) is 33.8. The molecule has 3 rings (SSSR count). The van der Waals surface area contributed by atoms with Crippen LogP contribution in [0.2, 0.25) is 0 Å². The highest BCUT2D eigenvalue weighted by Gasteiger charge is 2.45. The summed E-state index contributed by atoms with van der Waals surface area (Å²) in [6.45, 7) is 14.1. The molecule has 14 heteroatoms. The highest BCUT2D eigenvalue weighted by atomic mass is 16.5. The van der Waals surface area contributed by atoms with E-state index in [1.165, 1.54) is 0 Å². The first-order valence-corrected chi connectivity index (χ1v) is 19.4. The van der Waals surface area contributed by atoms with Gasteiger partial charge in [-0.3, -0.25) is 28.9 Å². The third kappa shape index (κ3) is 13.3. The maximum absolute atomic E-state index is 14.7. The van der Waals surface area contributed by atoms with Gasteiger partial charge in [0.2, 0.25) is 17.6 Å². The Morgan fingerprint density at radius 2 is 1.20 bits per heavy atom. The first-order chi connectivity index (χ1) is 26.5. The van der Waals surface area contributed by atoms with Crippen molar-refractivity contribution < 1.29 is 43.0 Å². The van der Waals surface area contributed by atoms with Gasteiger partial charge in [-0.1, -0.05) is 116 Å². The Balaban J connectivity index is 1.93. The summed E-state index contributed by atoms with van der Waals surface area (Å²) in [5, 5.41) is 11.0. The average Bonchev–Trinajstić information content (AvgIpc) is 3.71. The first-order valence-electron chi connectivity index (χ1n) is 19.4. The summed E-state index contributed by atoms with van der Waals surface area (Å²) in [6.07, 6.45) is 0.0950. The summed E-state index contributed by atoms with van der Waals surface area (Å²) in [5.74, 6) is -7.16. The van der Waals surface area contributed by atoms with Crippen LogP contribution in [0, 0.1) is 23.7 Å². The highest BCUT2D eigenvalue weighted by Crippen LogP contribution is 2.21. The van der Waals surface area contributed by atoms with Crippen LogP contribution in [0.4, 0.5) is 4.79 Å². The van der Waals surface area contributed by atoms with E-state index in [1.807, 2.05) is 12.1 Å². The first kappa shape index (κ1) is 45.3. The van der Waals surface area contributed by atoms with Crippen LogP contribution in [-0.2, 0) is 51.5 Å². The molecular formula is C42H59N5O9. The van der Waals surface area contributed by atoms with Crippen LogP contribution in [0.1, 0.15) is 85.8 Å². The molecule has 1 saturated heterocycles. The number of amides is 5. The second-order valence-electron chi connectivity index (χ2n) is 15.7. The fourth-order valence-corrected chi connectivity index (χ4v) is 6.25. The van der Waals surface area contributed by atoms with Gasteiger partial charge in [0.25, 0.3) is 11.8 Å². The molecule has 2 aromatic rings. The van der Waals surface area contributed by atoms with E-state index < -0.39 is 89.4 Å². The lowest BCUT2D eigenvalue weighted by atomic mass is 9.95. The molecule has 1 aliphatic heterocycles. The predicted molar refractivity (Wildman–Crippen MR) is 209 cm³/mol. The number of rotatable bonds is 19. The third-order valence-electron chi connectivity index (χ3n) is 9.46. The Labute approximate surface area is 330 Å². The van der Waals surface area contributed by atoms with E-state index in [0.717, 1.165) is 11.1 Å². The Morgan fingerprint density at radius 1 is 0.679 bits per heavy atom. The number of imide groups is 1. The quantitative estimate of drug-likeness (QED) is 0.120. The van der Waals surface area contributed by atoms with E-state index in [2.05, 4.69) is 21.3 Å². The van der Waals surface area contributed by atoms with E-state index in [0.29, 0.717) is 24.3 Å². The second-order valence-corrected chi connectivity index (χ2v) is 15.7. The van der Waals surface area contributed by atoms with Crippen LogP contribution < -0.4 is 21.3 Å². The number of ether oxygens (including phenoxy) is 2. The normalized spacial score (nSPS) is 16.1. The zero-order valence-corrected chi connectivity index (χ0v) is 33.8. The van der Waals surface area contributed by atoms with Gasteiger partial charge in [0.1, 0.15) is 37.4 Å². The van der Waals surface area contributed by atoms with E-state index in [4.69, 9.17) is 9.47 Å². The van der Waals surface area contributed by atoms with Gasteiger partial charge in [-0.25, -0.2) is 9.59 Å². The van der Waals surface area contributed by atoms with Crippen LogP contribution in [0.5, 0.6) is 0 Å². The van der Waals surface area contributed by atoms with Crippen LogP contribution in [0.25, 0.3) is 0 Å². The van der Waals surface area contributed by atoms with Gasteiger partial charge in [-0.05, 0) is 60.6 Å². The summed E-state index contributed by atoms with van der Waals surface area (Å²) in [4.78, 5) is 97.7. The molecule has 56 heavy (non-hydrogen) atoms. The molecule has 0 aliphatic carbocycles. The smallest absolute Gasteiger partial charge is 0.408 e. The largest absolute Gasteiger partial charge is 0.459 e. The number of carbonyl (C=O) groups excluding carboxylic acids is 7. The summed E-state index contributed by atoms with van der Waals surface area (Å²) in [7, 11) is 0. The van der Waals surface area contributed by atoms with E-state index >= 15 is 0 Å². The van der Waals surface area contributed by atoms with Crippen LogP contribution in [-0.4, -0.2) is 83.1 Å². The number of nitrogens with zero attached hydrogens (tertiary/aromatic N) is 1. The molecule has 0 aromatic heterocycles. The maximum Gasteiger partial charge on any atom is 0.408 e. The van der Waals surface area contributed by atoms with Gasteiger partial charge in [0.05, 0.1) is 6.04 Å². The summed E-state index contributed by atoms with van der Waals surface area (Å²) in [5.41, 5.74) is 1.49. The zero-order chi connectivity index (χ0) is 41.5. The van der Waals surface area contributed by atoms with Crippen molar-refractivity contribution in [1.82, 2.24) is 26.2 Å². The van der Waals surface area contributed by atoms with Gasteiger partial charge in [-0.2, -0.15) is 0 Å². The lowest BCUT2D eigenvalue weighted by Crippen LogP contribution is -2.64. The fourth-order valence-electron chi connectivity index (χ4n) is 6.25. The second kappa shape index (κ2) is 21.8. The minimum atomic E-state index is -1.53. The highest BCUT2D eigenvalue weighted by molar-refractivity contribution is 6.41. The summed E-state index contributed by atoms with van der Waals surface area (Å²) in [6, 6.07) is 11.9. The van der Waals surface area contributed by atoms with Gasteiger partial charge < -0.3 is 30.7 Å². The summed E-state index contributed by atoms with van der Waals surface area (Å²) >= 11 is 0. The molecule has 0 radical (unpaired) electrons. The predicted octanol–water partition coefficient (Wildman–Crippen LogP) is 4.05. The fraction of sp³-hybridized carbons (Fsp3) is 0.548. The molecule has 4 N–H and O–H groups in total. The number of alkyl carbamates (subject to hydrolysis) is 1. The van der Waals surface area contributed by atoms with Crippen molar-refractivity contribution in [3.05, 3.63) is 71.8 Å². The molecule has 14 nitrogen and oxygen atoms in total. The van der Waals surface area contributed by atoms with Gasteiger partial charge in [-0.15, -0.1) is 0 Å². The molecule has 0 saturated carbocycles. The van der Waals surface area contributed by atoms with Crippen molar-refractivity contribution in [1.29, 1.82) is 0 Å². The number of hydrogen-bond donors (Lipinski definition) is 4. The minimum Gasteiger partial charge on any atom is -0.459 e. The van der Waals surface area contributed by atoms with Crippen molar-refractivity contribution >= 4 is 41.5 Å². The number of Topliss-reactive ketones (excluding diaryl/α,β-unsaturated/α-hetero) is 1. The minimum absolute atomic E-state index is 0.0329. The number of benzene rings is 2. The molecule has 1 heterocycles. The lowest BCUT2D eigenvalue weighted by Gasteiger charge is -2.36. The molecule has 306 valence electrons. The Morgan fingerprint density at radius 3 is 1.68 bits per heavy atom. The van der Waals surface area contributed by atoms with Crippen molar-refractivity contribution in [2.24, 2.45) is 23.7 Å². The van der Waals surface area contributed by atoms with Crippen LogP contribution in [0.3, 0.4) is 0 Å². The summed E-state index contributed by atoms with van der Waals surface area (Å²) < 4.78 is 10.9. The molecule has 5 atom stereocenters. The SMILES string of the molecule is CC(C)C[C@H](C(=O)NC(C(=O)OCc1ccccc1)C(C)C)N(C(=O)C(=O)C1CCCN1)C(=O)C(NC(=O)C(NC(=O)OCc1ccccc1)C(C)C)C(C)C. The van der Waals surface area contributed by atoms with Gasteiger partial charge in [0.15, 0.2) is 0 Å². The van der Waals surface area contributed by atoms with Crippen molar-refractivity contribution in [3.8, 4) is 0 Å². The number of esters is 1. The molecule has 4 unspecified atom stereocenters. The maximum atomic E-state index is 14.7. The van der Waals surface area contributed by atoms with Crippen LogP contribution >= 0.6 is 0 Å². The molecule has 0 spiro atoms. The standard InChI is InChI=1S/C42H59N5O9/c1-25(2)22-32(37(49)45-35(28(7)8)41(53)55-23-29-16-11-9-12-17-29)47(40(52)36(48)31-20-15-21-43-31)39(51)34(27(5)6)44-38(50)33(26(3)4)46-42(54)56-24-30-18-13-10-14-19-30/h9-14,16-19,25-28,31-35,43H,15,20-24H2,1-8H3,(H,44,50)(H,45,49)(H,46,54)/t31?,32-,33?,34?,35?/m1/s1. The number of ketones is 1.